The highest BCUT2D eigenvalue weighted by Gasteiger charge is 2.25. The molecule has 0 bridgehead atoms. The van der Waals surface area contributed by atoms with Gasteiger partial charge in [-0.15, -0.1) is 0 Å². The highest BCUT2D eigenvalue weighted by molar-refractivity contribution is 5.86. The van der Waals surface area contributed by atoms with Crippen molar-refractivity contribution in [1.29, 1.82) is 0 Å². The van der Waals surface area contributed by atoms with Crippen molar-refractivity contribution in [3.63, 3.8) is 0 Å². The van der Waals surface area contributed by atoms with Gasteiger partial charge in [-0.2, -0.15) is 0 Å². The molecule has 1 heterocycles. The normalized spacial score (nSPS) is 12.2. The third-order valence-electron chi connectivity index (χ3n) is 4.94. The number of nitrogens with one attached hydrogen (secondary N) is 1. The summed E-state index contributed by atoms with van der Waals surface area (Å²) in [5.74, 6) is 0.189. The number of amides is 1. The van der Waals surface area contributed by atoms with Crippen LogP contribution in [-0.2, 0) is 22.5 Å². The Morgan fingerprint density at radius 1 is 1.06 bits per heavy atom. The summed E-state index contributed by atoms with van der Waals surface area (Å²) >= 11 is 0. The maximum Gasteiger partial charge on any atom is 0.408 e. The first-order chi connectivity index (χ1) is 15.7. The van der Waals surface area contributed by atoms with E-state index in [1.807, 2.05) is 59.3 Å². The molecule has 8 heteroatoms. The summed E-state index contributed by atoms with van der Waals surface area (Å²) in [6.45, 7) is 6.13. The number of para-hydroxylation sites is 3. The molecule has 0 fully saturated rings. The van der Waals surface area contributed by atoms with Crippen LogP contribution in [0.2, 0.25) is 0 Å². The number of ether oxygens (including phenoxy) is 3. The van der Waals surface area contributed by atoms with Crippen molar-refractivity contribution < 1.29 is 28.9 Å². The first kappa shape index (κ1) is 24.0. The van der Waals surface area contributed by atoms with Gasteiger partial charge in [-0.25, -0.2) is 9.59 Å². The van der Waals surface area contributed by atoms with Crippen LogP contribution < -0.4 is 14.8 Å². The zero-order valence-electron chi connectivity index (χ0n) is 19.3. The summed E-state index contributed by atoms with van der Waals surface area (Å²) < 4.78 is 18.5. The molecule has 0 saturated heterocycles. The third kappa shape index (κ3) is 6.41. The highest BCUT2D eigenvalue weighted by Crippen LogP contribution is 2.26. The van der Waals surface area contributed by atoms with Crippen molar-refractivity contribution in [2.24, 2.45) is 0 Å². The molecule has 1 amide bonds. The second kappa shape index (κ2) is 10.3. The molecule has 176 valence electrons. The number of hydrogen-bond acceptors (Lipinski definition) is 5. The molecule has 1 atom stereocenters. The van der Waals surface area contributed by atoms with E-state index >= 15 is 0 Å². The van der Waals surface area contributed by atoms with E-state index in [0.29, 0.717) is 24.7 Å². The standard InChI is InChI=1S/C25H30N2O6/c1-25(2,3)33-24(30)26-19(23(28)29)15-17-16-27(20-10-6-5-9-18(17)20)13-14-32-22-12-8-7-11-21(22)31-4/h5-12,16,19H,13-15H2,1-4H3,(H,26,30)(H,28,29). The number of carboxylic acid groups (broad SMARTS) is 1. The number of carbonyl (C=O) groups excluding carboxylic acids is 1. The molecule has 8 nitrogen and oxygen atoms in total. The summed E-state index contributed by atoms with van der Waals surface area (Å²) in [6.07, 6.45) is 1.27. The van der Waals surface area contributed by atoms with E-state index in [2.05, 4.69) is 5.32 Å². The van der Waals surface area contributed by atoms with Crippen molar-refractivity contribution in [1.82, 2.24) is 9.88 Å². The van der Waals surface area contributed by atoms with Gasteiger partial charge in [0.1, 0.15) is 18.2 Å². The highest BCUT2D eigenvalue weighted by atomic mass is 16.6. The van der Waals surface area contributed by atoms with Crippen molar-refractivity contribution in [3.8, 4) is 11.5 Å². The largest absolute Gasteiger partial charge is 0.493 e. The number of aromatic nitrogens is 1. The average Bonchev–Trinajstić information content (AvgIpc) is 3.10. The van der Waals surface area contributed by atoms with Crippen LogP contribution in [0.3, 0.4) is 0 Å². The van der Waals surface area contributed by atoms with Crippen LogP contribution in [0.4, 0.5) is 4.79 Å². The summed E-state index contributed by atoms with van der Waals surface area (Å²) in [6, 6.07) is 14.1. The Hall–Kier alpha value is -3.68. The van der Waals surface area contributed by atoms with E-state index in [0.717, 1.165) is 16.5 Å². The quantitative estimate of drug-likeness (QED) is 0.502. The van der Waals surface area contributed by atoms with Crippen LogP contribution in [0, 0.1) is 0 Å². The predicted octanol–water partition coefficient (Wildman–Crippen LogP) is 4.25. The van der Waals surface area contributed by atoms with Gasteiger partial charge in [0.25, 0.3) is 0 Å². The summed E-state index contributed by atoms with van der Waals surface area (Å²) in [4.78, 5) is 24.0. The lowest BCUT2D eigenvalue weighted by Gasteiger charge is -2.22. The van der Waals surface area contributed by atoms with Crippen molar-refractivity contribution >= 4 is 23.0 Å². The Labute approximate surface area is 193 Å². The molecule has 3 rings (SSSR count). The molecule has 1 unspecified atom stereocenters. The monoisotopic (exact) mass is 454 g/mol. The van der Waals surface area contributed by atoms with Gasteiger partial charge in [-0.1, -0.05) is 30.3 Å². The van der Waals surface area contributed by atoms with Crippen LogP contribution in [0.25, 0.3) is 10.9 Å². The Balaban J connectivity index is 1.75. The molecule has 0 aliphatic rings. The van der Waals surface area contributed by atoms with Gasteiger partial charge in [0, 0.05) is 23.5 Å². The fraction of sp³-hybridized carbons (Fsp3) is 0.360. The van der Waals surface area contributed by atoms with Gasteiger partial charge in [0.15, 0.2) is 11.5 Å². The van der Waals surface area contributed by atoms with Crippen LogP contribution >= 0.6 is 0 Å². The Bertz CT molecular complexity index is 1120. The summed E-state index contributed by atoms with van der Waals surface area (Å²) in [5, 5.41) is 13.1. The van der Waals surface area contributed by atoms with Crippen LogP contribution in [0.15, 0.2) is 54.7 Å². The molecular formula is C25H30N2O6. The molecule has 0 spiro atoms. The molecule has 0 aliphatic heterocycles. The predicted molar refractivity (Wildman–Crippen MR) is 125 cm³/mol. The number of carbonyl (C=O) groups is 2. The molecule has 2 N–H and O–H groups in total. The fourth-order valence-corrected chi connectivity index (χ4v) is 3.53. The lowest BCUT2D eigenvalue weighted by molar-refractivity contribution is -0.139. The van der Waals surface area contributed by atoms with Crippen LogP contribution in [0.1, 0.15) is 26.3 Å². The Kier molecular flexibility index (Phi) is 7.48. The number of carboxylic acids is 1. The SMILES string of the molecule is COc1ccccc1OCCn1cc(CC(NC(=O)OC(C)(C)C)C(=O)O)c2ccccc21. The number of aliphatic carboxylic acids is 1. The first-order valence-electron chi connectivity index (χ1n) is 10.7. The van der Waals surface area contributed by atoms with Gasteiger partial charge in [-0.3, -0.25) is 0 Å². The molecule has 2 aromatic carbocycles. The smallest absolute Gasteiger partial charge is 0.408 e. The molecule has 0 radical (unpaired) electrons. The zero-order chi connectivity index (χ0) is 24.0. The number of benzene rings is 2. The minimum Gasteiger partial charge on any atom is -0.493 e. The van der Waals surface area contributed by atoms with Gasteiger partial charge >= 0.3 is 12.1 Å². The number of methoxy groups -OCH3 is 1. The number of alkyl carbamates (subject to hydrolysis) is 1. The summed E-state index contributed by atoms with van der Waals surface area (Å²) in [5.41, 5.74) is 1.05. The second-order valence-corrected chi connectivity index (χ2v) is 8.61. The number of fused-ring (bicyclic) bond motifs is 1. The number of nitrogens with zero attached hydrogens (tertiary/aromatic N) is 1. The minimum atomic E-state index is -1.13. The maximum atomic E-state index is 12.1. The van der Waals surface area contributed by atoms with Gasteiger partial charge in [-0.05, 0) is 44.5 Å². The molecule has 33 heavy (non-hydrogen) atoms. The van der Waals surface area contributed by atoms with Crippen molar-refractivity contribution in [3.05, 3.63) is 60.3 Å². The van der Waals surface area contributed by atoms with E-state index < -0.39 is 23.7 Å². The second-order valence-electron chi connectivity index (χ2n) is 8.61. The van der Waals surface area contributed by atoms with E-state index in [4.69, 9.17) is 14.2 Å². The fourth-order valence-electron chi connectivity index (χ4n) is 3.53. The lowest BCUT2D eigenvalue weighted by Crippen LogP contribution is -2.44. The molecular weight excluding hydrogens is 424 g/mol. The van der Waals surface area contributed by atoms with Crippen molar-refractivity contribution in [2.45, 2.75) is 45.4 Å². The summed E-state index contributed by atoms with van der Waals surface area (Å²) in [7, 11) is 1.60. The average molecular weight is 455 g/mol. The zero-order valence-corrected chi connectivity index (χ0v) is 19.3. The Morgan fingerprint density at radius 3 is 2.39 bits per heavy atom. The maximum absolute atomic E-state index is 12.1. The van der Waals surface area contributed by atoms with Gasteiger partial charge < -0.3 is 29.2 Å². The van der Waals surface area contributed by atoms with Gasteiger partial charge in [0.2, 0.25) is 0 Å². The van der Waals surface area contributed by atoms with E-state index in [1.165, 1.54) is 0 Å². The lowest BCUT2D eigenvalue weighted by atomic mass is 10.1. The molecule has 0 aliphatic carbocycles. The minimum absolute atomic E-state index is 0.120. The molecule has 0 saturated carbocycles. The van der Waals surface area contributed by atoms with E-state index in [-0.39, 0.29) is 6.42 Å². The number of rotatable bonds is 9. The van der Waals surface area contributed by atoms with Crippen LogP contribution in [0.5, 0.6) is 11.5 Å². The Morgan fingerprint density at radius 2 is 1.73 bits per heavy atom. The third-order valence-corrected chi connectivity index (χ3v) is 4.94. The van der Waals surface area contributed by atoms with Crippen molar-refractivity contribution in [2.75, 3.05) is 13.7 Å². The van der Waals surface area contributed by atoms with Gasteiger partial charge in [0.05, 0.1) is 13.7 Å². The van der Waals surface area contributed by atoms with Crippen LogP contribution in [-0.4, -0.2) is 47.1 Å². The topological polar surface area (TPSA) is 99.0 Å². The molecule has 3 aromatic rings. The number of hydrogen-bond donors (Lipinski definition) is 2. The first-order valence-corrected chi connectivity index (χ1v) is 10.7. The van der Waals surface area contributed by atoms with E-state index in [9.17, 15) is 14.7 Å². The van der Waals surface area contributed by atoms with E-state index in [1.54, 1.807) is 27.9 Å². The molecule has 1 aromatic heterocycles.